The van der Waals surface area contributed by atoms with Crippen molar-refractivity contribution >= 4 is 0 Å². The summed E-state index contributed by atoms with van der Waals surface area (Å²) in [5, 5.41) is 8.76. The highest BCUT2D eigenvalue weighted by molar-refractivity contribution is 5.31. The van der Waals surface area contributed by atoms with Crippen molar-refractivity contribution in [3.05, 3.63) is 65.0 Å². The SMILES string of the molecule is Cc1cc(OCc2ccccc2CC#N)ccc1F. The molecule has 0 saturated heterocycles. The van der Waals surface area contributed by atoms with Crippen molar-refractivity contribution in [3.63, 3.8) is 0 Å². The molecule has 2 aromatic carbocycles. The lowest BCUT2D eigenvalue weighted by Gasteiger charge is -2.10. The molecule has 2 rings (SSSR count). The summed E-state index contributed by atoms with van der Waals surface area (Å²) in [6.07, 6.45) is 0.363. The fraction of sp³-hybridized carbons (Fsp3) is 0.188. The third kappa shape index (κ3) is 3.32. The maximum Gasteiger partial charge on any atom is 0.126 e. The number of halogens is 1. The molecule has 0 spiro atoms. The number of aryl methyl sites for hydroxylation is 1. The monoisotopic (exact) mass is 255 g/mol. The molecule has 0 aromatic heterocycles. The molecule has 3 heteroatoms. The minimum Gasteiger partial charge on any atom is -0.489 e. The van der Waals surface area contributed by atoms with Crippen LogP contribution in [-0.2, 0) is 13.0 Å². The van der Waals surface area contributed by atoms with Crippen LogP contribution in [0.25, 0.3) is 0 Å². The minimum absolute atomic E-state index is 0.239. The zero-order chi connectivity index (χ0) is 13.7. The normalized spacial score (nSPS) is 9.95. The minimum atomic E-state index is -0.239. The number of ether oxygens (including phenoxy) is 1. The smallest absolute Gasteiger partial charge is 0.126 e. The van der Waals surface area contributed by atoms with E-state index in [-0.39, 0.29) is 5.82 Å². The fourth-order valence-corrected chi connectivity index (χ4v) is 1.82. The Morgan fingerprint density at radius 2 is 1.89 bits per heavy atom. The average molecular weight is 255 g/mol. The highest BCUT2D eigenvalue weighted by Crippen LogP contribution is 2.18. The predicted octanol–water partition coefficient (Wildman–Crippen LogP) is 3.78. The van der Waals surface area contributed by atoms with E-state index in [4.69, 9.17) is 10.00 Å². The summed E-state index contributed by atoms with van der Waals surface area (Å²) in [5.74, 6) is 0.392. The third-order valence-electron chi connectivity index (χ3n) is 2.91. The first-order valence-corrected chi connectivity index (χ1v) is 6.03. The average Bonchev–Trinajstić information content (AvgIpc) is 2.42. The van der Waals surface area contributed by atoms with Gasteiger partial charge in [-0.25, -0.2) is 4.39 Å². The predicted molar refractivity (Wildman–Crippen MR) is 71.2 cm³/mol. The van der Waals surface area contributed by atoms with Gasteiger partial charge in [0.25, 0.3) is 0 Å². The van der Waals surface area contributed by atoms with Crippen LogP contribution >= 0.6 is 0 Å². The van der Waals surface area contributed by atoms with E-state index in [0.29, 0.717) is 24.3 Å². The topological polar surface area (TPSA) is 33.0 Å². The fourth-order valence-electron chi connectivity index (χ4n) is 1.82. The Labute approximate surface area is 112 Å². The summed E-state index contributed by atoms with van der Waals surface area (Å²) in [4.78, 5) is 0. The number of hydrogen-bond acceptors (Lipinski definition) is 2. The van der Waals surface area contributed by atoms with Crippen molar-refractivity contribution in [1.82, 2.24) is 0 Å². The molecular weight excluding hydrogens is 241 g/mol. The van der Waals surface area contributed by atoms with Crippen molar-refractivity contribution in [2.45, 2.75) is 20.0 Å². The lowest BCUT2D eigenvalue weighted by Crippen LogP contribution is -2.00. The lowest BCUT2D eigenvalue weighted by atomic mass is 10.1. The number of benzene rings is 2. The first-order valence-electron chi connectivity index (χ1n) is 6.03. The van der Waals surface area contributed by atoms with E-state index in [1.807, 2.05) is 24.3 Å². The van der Waals surface area contributed by atoms with Crippen LogP contribution in [0.4, 0.5) is 4.39 Å². The molecule has 0 radical (unpaired) electrons. The Morgan fingerprint density at radius 3 is 2.58 bits per heavy atom. The van der Waals surface area contributed by atoms with Crippen LogP contribution in [0.3, 0.4) is 0 Å². The van der Waals surface area contributed by atoms with E-state index in [1.54, 1.807) is 19.1 Å². The van der Waals surface area contributed by atoms with Gasteiger partial charge in [0.1, 0.15) is 18.2 Å². The Balaban J connectivity index is 2.10. The molecule has 0 N–H and O–H groups in total. The summed E-state index contributed by atoms with van der Waals surface area (Å²) in [6.45, 7) is 2.08. The molecule has 0 aliphatic carbocycles. The summed E-state index contributed by atoms with van der Waals surface area (Å²) >= 11 is 0. The molecule has 0 bridgehead atoms. The van der Waals surface area contributed by atoms with Crippen molar-refractivity contribution in [1.29, 1.82) is 5.26 Å². The number of rotatable bonds is 4. The lowest BCUT2D eigenvalue weighted by molar-refractivity contribution is 0.304. The van der Waals surface area contributed by atoms with Crippen LogP contribution in [0.2, 0.25) is 0 Å². The van der Waals surface area contributed by atoms with Crippen LogP contribution in [0.1, 0.15) is 16.7 Å². The molecule has 2 aromatic rings. The van der Waals surface area contributed by atoms with Gasteiger partial charge in [0.2, 0.25) is 0 Å². The highest BCUT2D eigenvalue weighted by Gasteiger charge is 2.04. The van der Waals surface area contributed by atoms with Gasteiger partial charge >= 0.3 is 0 Å². The van der Waals surface area contributed by atoms with Gasteiger partial charge < -0.3 is 4.74 Å². The van der Waals surface area contributed by atoms with Gasteiger partial charge in [-0.2, -0.15) is 5.26 Å². The maximum absolute atomic E-state index is 13.1. The van der Waals surface area contributed by atoms with E-state index in [0.717, 1.165) is 11.1 Å². The molecule has 0 atom stereocenters. The molecule has 0 heterocycles. The van der Waals surface area contributed by atoms with Crippen LogP contribution in [0.5, 0.6) is 5.75 Å². The second-order valence-electron chi connectivity index (χ2n) is 4.30. The van der Waals surface area contributed by atoms with Crippen LogP contribution in [0, 0.1) is 24.1 Å². The molecule has 96 valence electrons. The van der Waals surface area contributed by atoms with Gasteiger partial charge in [-0.05, 0) is 41.8 Å². The van der Waals surface area contributed by atoms with E-state index in [2.05, 4.69) is 6.07 Å². The van der Waals surface area contributed by atoms with Gasteiger partial charge in [-0.15, -0.1) is 0 Å². The van der Waals surface area contributed by atoms with E-state index in [1.165, 1.54) is 6.07 Å². The van der Waals surface area contributed by atoms with Crippen molar-refractivity contribution in [2.75, 3.05) is 0 Å². The molecule has 0 amide bonds. The molecule has 19 heavy (non-hydrogen) atoms. The molecule has 0 saturated carbocycles. The quantitative estimate of drug-likeness (QED) is 0.833. The standard InChI is InChI=1S/C16H14FNO/c1-12-10-15(6-7-16(12)17)19-11-14-5-3-2-4-13(14)8-9-18/h2-7,10H,8,11H2,1H3. The molecule has 0 aliphatic heterocycles. The Hall–Kier alpha value is -2.34. The van der Waals surface area contributed by atoms with E-state index in [9.17, 15) is 4.39 Å². The van der Waals surface area contributed by atoms with E-state index < -0.39 is 0 Å². The number of hydrogen-bond donors (Lipinski definition) is 0. The van der Waals surface area contributed by atoms with Crippen molar-refractivity contribution < 1.29 is 9.13 Å². The summed E-state index contributed by atoms with van der Waals surface area (Å²) in [6, 6.07) is 14.5. The summed E-state index contributed by atoms with van der Waals surface area (Å²) < 4.78 is 18.8. The second-order valence-corrected chi connectivity index (χ2v) is 4.30. The molecule has 0 aliphatic rings. The largest absolute Gasteiger partial charge is 0.489 e. The molecule has 0 fully saturated rings. The summed E-state index contributed by atoms with van der Waals surface area (Å²) in [7, 11) is 0. The third-order valence-corrected chi connectivity index (χ3v) is 2.91. The number of nitriles is 1. The Morgan fingerprint density at radius 1 is 1.16 bits per heavy atom. The Bertz CT molecular complexity index is 616. The van der Waals surface area contributed by atoms with Crippen molar-refractivity contribution in [3.8, 4) is 11.8 Å². The van der Waals surface area contributed by atoms with Crippen LogP contribution in [0.15, 0.2) is 42.5 Å². The van der Waals surface area contributed by atoms with Crippen LogP contribution in [-0.4, -0.2) is 0 Å². The zero-order valence-corrected chi connectivity index (χ0v) is 10.7. The molecule has 0 unspecified atom stereocenters. The van der Waals surface area contributed by atoms with Crippen molar-refractivity contribution in [2.24, 2.45) is 0 Å². The van der Waals surface area contributed by atoms with Gasteiger partial charge in [-0.3, -0.25) is 0 Å². The van der Waals surface area contributed by atoms with Gasteiger partial charge in [0.05, 0.1) is 12.5 Å². The van der Waals surface area contributed by atoms with Gasteiger partial charge in [-0.1, -0.05) is 24.3 Å². The Kier molecular flexibility index (Phi) is 4.15. The van der Waals surface area contributed by atoms with Gasteiger partial charge in [0.15, 0.2) is 0 Å². The van der Waals surface area contributed by atoms with Crippen LogP contribution < -0.4 is 4.74 Å². The highest BCUT2D eigenvalue weighted by atomic mass is 19.1. The van der Waals surface area contributed by atoms with E-state index >= 15 is 0 Å². The van der Waals surface area contributed by atoms with Gasteiger partial charge in [0, 0.05) is 0 Å². The first kappa shape index (κ1) is 13.1. The zero-order valence-electron chi connectivity index (χ0n) is 10.7. The first-order chi connectivity index (χ1) is 9.20. The maximum atomic E-state index is 13.1. The second kappa shape index (κ2) is 6.01. The molecular formula is C16H14FNO. The number of nitrogens with zero attached hydrogens (tertiary/aromatic N) is 1. The molecule has 2 nitrogen and oxygen atoms in total. The summed E-state index contributed by atoms with van der Waals surface area (Å²) in [5.41, 5.74) is 2.50.